The lowest BCUT2D eigenvalue weighted by Gasteiger charge is -2.32. The third-order valence-electron chi connectivity index (χ3n) is 5.57. The van der Waals surface area contributed by atoms with Gasteiger partial charge >= 0.3 is 0 Å². The van der Waals surface area contributed by atoms with Crippen molar-refractivity contribution in [1.29, 1.82) is 0 Å². The minimum atomic E-state index is -0.155. The molecule has 0 radical (unpaired) electrons. The standard InChI is InChI=1S/C21H24Cl2N4O2/c1-2-24-20(28)14-4-3-9-26(12-14)21(29)16-11-25-27(19(16)13-5-6-13)18-8-7-15(22)10-17(18)23/h7-8,10-11,13-14H,2-6,9,12H2,1H3,(H,24,28). The number of carbonyl (C=O) groups is 2. The van der Waals surface area contributed by atoms with Crippen molar-refractivity contribution in [3.8, 4) is 5.69 Å². The van der Waals surface area contributed by atoms with Gasteiger partial charge in [-0.3, -0.25) is 9.59 Å². The van der Waals surface area contributed by atoms with E-state index in [0.717, 1.165) is 37.1 Å². The Morgan fingerprint density at radius 1 is 1.24 bits per heavy atom. The SMILES string of the molecule is CCNC(=O)C1CCCN(C(=O)c2cnn(-c3ccc(Cl)cc3Cl)c2C2CC2)C1. The van der Waals surface area contributed by atoms with Crippen molar-refractivity contribution in [1.82, 2.24) is 20.0 Å². The second-order valence-corrected chi connectivity index (χ2v) is 8.55. The van der Waals surface area contributed by atoms with Gasteiger partial charge in [0.15, 0.2) is 0 Å². The summed E-state index contributed by atoms with van der Waals surface area (Å²) in [5, 5.41) is 8.42. The minimum Gasteiger partial charge on any atom is -0.356 e. The first-order chi connectivity index (χ1) is 14.0. The van der Waals surface area contributed by atoms with Gasteiger partial charge in [0.1, 0.15) is 0 Å². The van der Waals surface area contributed by atoms with Crippen molar-refractivity contribution in [2.75, 3.05) is 19.6 Å². The van der Waals surface area contributed by atoms with E-state index in [1.54, 1.807) is 27.9 Å². The van der Waals surface area contributed by atoms with Crippen LogP contribution < -0.4 is 5.32 Å². The Morgan fingerprint density at radius 2 is 2.03 bits per heavy atom. The summed E-state index contributed by atoms with van der Waals surface area (Å²) in [5.41, 5.74) is 2.23. The number of nitrogens with one attached hydrogen (secondary N) is 1. The zero-order valence-electron chi connectivity index (χ0n) is 16.3. The quantitative estimate of drug-likeness (QED) is 0.771. The van der Waals surface area contributed by atoms with E-state index in [-0.39, 0.29) is 17.7 Å². The topological polar surface area (TPSA) is 67.2 Å². The van der Waals surface area contributed by atoms with Gasteiger partial charge < -0.3 is 10.2 Å². The highest BCUT2D eigenvalue weighted by atomic mass is 35.5. The Hall–Kier alpha value is -2.05. The number of amides is 2. The van der Waals surface area contributed by atoms with Gasteiger partial charge in [-0.1, -0.05) is 23.2 Å². The molecule has 1 aromatic heterocycles. The fraction of sp³-hybridized carbons (Fsp3) is 0.476. The van der Waals surface area contributed by atoms with Crippen LogP contribution in [0, 0.1) is 5.92 Å². The lowest BCUT2D eigenvalue weighted by atomic mass is 9.96. The van der Waals surface area contributed by atoms with Crippen LogP contribution in [0.15, 0.2) is 24.4 Å². The lowest BCUT2D eigenvalue weighted by Crippen LogP contribution is -2.45. The predicted octanol–water partition coefficient (Wildman–Crippen LogP) is 4.04. The molecule has 154 valence electrons. The Labute approximate surface area is 180 Å². The number of likely N-dealkylation sites (tertiary alicyclic amines) is 1. The number of carbonyl (C=O) groups excluding carboxylic acids is 2. The van der Waals surface area contributed by atoms with E-state index in [2.05, 4.69) is 10.4 Å². The molecule has 2 aromatic rings. The first-order valence-electron chi connectivity index (χ1n) is 10.1. The molecule has 2 fully saturated rings. The third-order valence-corrected chi connectivity index (χ3v) is 6.11. The zero-order chi connectivity index (χ0) is 20.5. The molecule has 2 heterocycles. The number of hydrogen-bond donors (Lipinski definition) is 1. The summed E-state index contributed by atoms with van der Waals surface area (Å²) in [4.78, 5) is 27.4. The van der Waals surface area contributed by atoms with Gasteiger partial charge in [0.05, 0.1) is 34.1 Å². The van der Waals surface area contributed by atoms with E-state index in [4.69, 9.17) is 23.2 Å². The van der Waals surface area contributed by atoms with Gasteiger partial charge in [0, 0.05) is 30.6 Å². The molecule has 2 amide bonds. The lowest BCUT2D eigenvalue weighted by molar-refractivity contribution is -0.126. The molecule has 0 bridgehead atoms. The molecule has 1 aliphatic heterocycles. The molecule has 1 unspecified atom stereocenters. The second-order valence-electron chi connectivity index (χ2n) is 7.71. The molecule has 29 heavy (non-hydrogen) atoms. The second kappa shape index (κ2) is 8.36. The summed E-state index contributed by atoms with van der Waals surface area (Å²) < 4.78 is 1.77. The summed E-state index contributed by atoms with van der Waals surface area (Å²) in [7, 11) is 0. The van der Waals surface area contributed by atoms with Crippen LogP contribution in [0.2, 0.25) is 10.0 Å². The van der Waals surface area contributed by atoms with Gasteiger partial charge in [-0.25, -0.2) is 4.68 Å². The molecule has 1 N–H and O–H groups in total. The van der Waals surface area contributed by atoms with Crippen molar-refractivity contribution < 1.29 is 9.59 Å². The molecule has 6 nitrogen and oxygen atoms in total. The minimum absolute atomic E-state index is 0.0241. The van der Waals surface area contributed by atoms with E-state index in [1.807, 2.05) is 13.0 Å². The average Bonchev–Trinajstić information content (AvgIpc) is 3.46. The van der Waals surface area contributed by atoms with E-state index < -0.39 is 0 Å². The number of hydrogen-bond acceptors (Lipinski definition) is 3. The average molecular weight is 435 g/mol. The van der Waals surface area contributed by atoms with Crippen LogP contribution in [0.3, 0.4) is 0 Å². The van der Waals surface area contributed by atoms with Gasteiger partial charge in [0.2, 0.25) is 5.91 Å². The monoisotopic (exact) mass is 434 g/mol. The maximum Gasteiger partial charge on any atom is 0.257 e. The number of benzene rings is 1. The van der Waals surface area contributed by atoms with Crippen molar-refractivity contribution >= 4 is 35.0 Å². The fourth-order valence-corrected chi connectivity index (χ4v) is 4.47. The van der Waals surface area contributed by atoms with E-state index >= 15 is 0 Å². The summed E-state index contributed by atoms with van der Waals surface area (Å²) >= 11 is 12.4. The number of halogens is 2. The van der Waals surface area contributed by atoms with Crippen LogP contribution >= 0.6 is 23.2 Å². The summed E-state index contributed by atoms with van der Waals surface area (Å²) in [5.74, 6) is 0.109. The van der Waals surface area contributed by atoms with E-state index in [1.165, 1.54) is 0 Å². The largest absolute Gasteiger partial charge is 0.356 e. The molecule has 1 atom stereocenters. The molecule has 1 aliphatic carbocycles. The molecule has 1 saturated heterocycles. The highest BCUT2D eigenvalue weighted by Crippen LogP contribution is 2.43. The zero-order valence-corrected chi connectivity index (χ0v) is 17.8. The Kier molecular flexibility index (Phi) is 5.83. The van der Waals surface area contributed by atoms with Crippen LogP contribution in [0.1, 0.15) is 54.6 Å². The van der Waals surface area contributed by atoms with Gasteiger partial charge in [0.25, 0.3) is 5.91 Å². The third kappa shape index (κ3) is 4.14. The molecule has 1 aromatic carbocycles. The smallest absolute Gasteiger partial charge is 0.257 e. The van der Waals surface area contributed by atoms with Crippen LogP contribution in [0.25, 0.3) is 5.69 Å². The molecule has 2 aliphatic rings. The Morgan fingerprint density at radius 3 is 2.72 bits per heavy atom. The van der Waals surface area contributed by atoms with Gasteiger partial charge in [-0.15, -0.1) is 0 Å². The maximum atomic E-state index is 13.3. The normalized spacial score (nSPS) is 19.3. The summed E-state index contributed by atoms with van der Waals surface area (Å²) in [6.07, 6.45) is 5.32. The number of piperidine rings is 1. The van der Waals surface area contributed by atoms with Crippen LogP contribution in [0.5, 0.6) is 0 Å². The predicted molar refractivity (Wildman–Crippen MR) is 113 cm³/mol. The van der Waals surface area contributed by atoms with E-state index in [0.29, 0.717) is 41.2 Å². The first kappa shape index (κ1) is 20.2. The number of nitrogens with zero attached hydrogens (tertiary/aromatic N) is 3. The summed E-state index contributed by atoms with van der Waals surface area (Å²) in [6.45, 7) is 3.61. The highest BCUT2D eigenvalue weighted by molar-refractivity contribution is 6.35. The molecular formula is C21H24Cl2N4O2. The molecule has 8 heteroatoms. The van der Waals surface area contributed by atoms with E-state index in [9.17, 15) is 9.59 Å². The van der Waals surface area contributed by atoms with Crippen LogP contribution in [-0.4, -0.2) is 46.1 Å². The maximum absolute atomic E-state index is 13.3. The van der Waals surface area contributed by atoms with Crippen LogP contribution in [0.4, 0.5) is 0 Å². The van der Waals surface area contributed by atoms with Gasteiger partial charge in [-0.2, -0.15) is 5.10 Å². The van der Waals surface area contributed by atoms with Crippen molar-refractivity contribution in [2.24, 2.45) is 5.92 Å². The fourth-order valence-electron chi connectivity index (χ4n) is 3.98. The Bertz CT molecular complexity index is 939. The molecule has 4 rings (SSSR count). The molecule has 0 spiro atoms. The molecular weight excluding hydrogens is 411 g/mol. The van der Waals surface area contributed by atoms with Crippen LogP contribution in [-0.2, 0) is 4.79 Å². The molecule has 1 saturated carbocycles. The first-order valence-corrected chi connectivity index (χ1v) is 10.9. The number of rotatable bonds is 5. The highest BCUT2D eigenvalue weighted by Gasteiger charge is 2.36. The van der Waals surface area contributed by atoms with Crippen molar-refractivity contribution in [2.45, 2.75) is 38.5 Å². The van der Waals surface area contributed by atoms with Crippen molar-refractivity contribution in [3.05, 3.63) is 45.7 Å². The number of aromatic nitrogens is 2. The summed E-state index contributed by atoms with van der Waals surface area (Å²) in [6, 6.07) is 5.27. The van der Waals surface area contributed by atoms with Crippen molar-refractivity contribution in [3.63, 3.8) is 0 Å². The van der Waals surface area contributed by atoms with Gasteiger partial charge in [-0.05, 0) is 50.8 Å². The Balaban J connectivity index is 1.62.